The van der Waals surface area contributed by atoms with Crippen LogP contribution in [-0.2, 0) is 4.79 Å². The van der Waals surface area contributed by atoms with E-state index in [2.05, 4.69) is 48.6 Å². The van der Waals surface area contributed by atoms with E-state index in [0.717, 1.165) is 14.8 Å². The van der Waals surface area contributed by atoms with E-state index >= 15 is 0 Å². The van der Waals surface area contributed by atoms with Crippen LogP contribution in [0, 0.1) is 3.57 Å². The minimum atomic E-state index is -0.166. The average Bonchev–Trinajstić information content (AvgIpc) is 3.38. The number of thioether (sulfide) groups is 1. The molecule has 0 saturated carbocycles. The number of rotatable bonds is 7. The molecule has 1 aliphatic rings. The molecule has 0 fully saturated rings. The highest BCUT2D eigenvalue weighted by atomic mass is 127. The van der Waals surface area contributed by atoms with Crippen LogP contribution in [0.1, 0.15) is 12.5 Å². The fourth-order valence-electron chi connectivity index (χ4n) is 2.63. The van der Waals surface area contributed by atoms with Crippen LogP contribution in [0.2, 0.25) is 0 Å². The first-order chi connectivity index (χ1) is 15.0. The number of hydrogen-bond donors (Lipinski definition) is 3. The number of carbonyl (C=O) groups excluding carboxylic acids is 1. The monoisotopic (exact) mass is 551 g/mol. The molecular formula is C19H18IN7O3S. The summed E-state index contributed by atoms with van der Waals surface area (Å²) in [5, 5.41) is 15.5. The van der Waals surface area contributed by atoms with E-state index in [1.54, 1.807) is 0 Å². The van der Waals surface area contributed by atoms with Gasteiger partial charge in [0, 0.05) is 14.8 Å². The van der Waals surface area contributed by atoms with Crippen molar-refractivity contribution in [1.82, 2.24) is 14.9 Å². The van der Waals surface area contributed by atoms with Gasteiger partial charge in [-0.05, 0) is 72.0 Å². The quantitative estimate of drug-likeness (QED) is 0.135. The Labute approximate surface area is 195 Å². The van der Waals surface area contributed by atoms with Crippen molar-refractivity contribution < 1.29 is 14.3 Å². The summed E-state index contributed by atoms with van der Waals surface area (Å²) in [7, 11) is 0. The molecule has 0 bridgehead atoms. The largest absolute Gasteiger partial charge is 0.454 e. The predicted molar refractivity (Wildman–Crippen MR) is 127 cm³/mol. The van der Waals surface area contributed by atoms with Crippen LogP contribution in [-0.4, -0.2) is 39.0 Å². The van der Waals surface area contributed by atoms with Gasteiger partial charge in [0.15, 0.2) is 11.5 Å². The van der Waals surface area contributed by atoms with Gasteiger partial charge in [-0.1, -0.05) is 11.8 Å². The van der Waals surface area contributed by atoms with Crippen LogP contribution in [0.15, 0.2) is 52.7 Å². The number of carbonyl (C=O) groups is 1. The number of benzene rings is 2. The zero-order chi connectivity index (χ0) is 21.8. The van der Waals surface area contributed by atoms with Crippen LogP contribution in [0.5, 0.6) is 11.5 Å². The maximum atomic E-state index is 12.2. The summed E-state index contributed by atoms with van der Waals surface area (Å²) in [6, 6.07) is 13.1. The Morgan fingerprint density at radius 1 is 1.23 bits per heavy atom. The van der Waals surface area contributed by atoms with Gasteiger partial charge < -0.3 is 20.6 Å². The first-order valence-corrected chi connectivity index (χ1v) is 11.1. The lowest BCUT2D eigenvalue weighted by molar-refractivity contribution is -0.113. The highest BCUT2D eigenvalue weighted by Gasteiger charge is 2.15. The lowest BCUT2D eigenvalue weighted by Gasteiger charge is -2.06. The molecule has 160 valence electrons. The Morgan fingerprint density at radius 3 is 2.81 bits per heavy atom. The maximum Gasteiger partial charge on any atom is 0.264 e. The molecule has 1 aromatic heterocycles. The Hall–Kier alpha value is -3.00. The summed E-state index contributed by atoms with van der Waals surface area (Å²) in [5.74, 6) is 7.64. The highest BCUT2D eigenvalue weighted by molar-refractivity contribution is 14.1. The molecule has 0 unspecified atom stereocenters. The number of aromatic nitrogens is 3. The summed E-state index contributed by atoms with van der Waals surface area (Å²) in [6.45, 7) is 2.05. The minimum Gasteiger partial charge on any atom is -0.454 e. The van der Waals surface area contributed by atoms with Crippen molar-refractivity contribution in [2.45, 2.75) is 12.1 Å². The number of nitrogens with one attached hydrogen (secondary N) is 2. The SMILES string of the molecule is C/C(=N\Nc1nnc(SCC(=O)Nc2ccc(I)cc2)n1N)c1ccc2c(c1)OCO2. The van der Waals surface area contributed by atoms with E-state index in [4.69, 9.17) is 15.3 Å². The molecule has 10 nitrogen and oxygen atoms in total. The van der Waals surface area contributed by atoms with Gasteiger partial charge in [0.1, 0.15) is 0 Å². The zero-order valence-electron chi connectivity index (χ0n) is 16.3. The third kappa shape index (κ3) is 5.19. The number of nitrogens with zero attached hydrogens (tertiary/aromatic N) is 4. The average molecular weight is 551 g/mol. The van der Waals surface area contributed by atoms with Gasteiger partial charge in [0.2, 0.25) is 17.9 Å². The van der Waals surface area contributed by atoms with Crippen molar-refractivity contribution in [2.24, 2.45) is 5.10 Å². The normalized spacial score (nSPS) is 12.6. The van der Waals surface area contributed by atoms with Crippen LogP contribution >= 0.6 is 34.4 Å². The summed E-state index contributed by atoms with van der Waals surface area (Å²) in [5.41, 5.74) is 5.09. The van der Waals surface area contributed by atoms with E-state index in [1.165, 1.54) is 16.4 Å². The number of hydrogen-bond acceptors (Lipinski definition) is 9. The predicted octanol–water partition coefficient (Wildman–Crippen LogP) is 2.89. The lowest BCUT2D eigenvalue weighted by atomic mass is 10.1. The number of halogens is 1. The molecule has 1 aliphatic heterocycles. The molecule has 4 rings (SSSR count). The molecule has 4 N–H and O–H groups in total. The second-order valence-corrected chi connectivity index (χ2v) is 8.59. The molecule has 12 heteroatoms. The number of fused-ring (bicyclic) bond motifs is 1. The molecule has 2 heterocycles. The van der Waals surface area contributed by atoms with Crippen molar-refractivity contribution >= 4 is 57.6 Å². The first kappa shape index (κ1) is 21.2. The molecule has 2 aromatic carbocycles. The fourth-order valence-corrected chi connectivity index (χ4v) is 3.65. The van der Waals surface area contributed by atoms with Crippen molar-refractivity contribution in [3.8, 4) is 11.5 Å². The van der Waals surface area contributed by atoms with Gasteiger partial charge in [-0.15, -0.1) is 10.2 Å². The van der Waals surface area contributed by atoms with Gasteiger partial charge in [-0.3, -0.25) is 4.79 Å². The molecule has 0 saturated heterocycles. The topological polar surface area (TPSA) is 129 Å². The summed E-state index contributed by atoms with van der Waals surface area (Å²) in [6.07, 6.45) is 0. The van der Waals surface area contributed by atoms with Gasteiger partial charge in [-0.2, -0.15) is 5.10 Å². The third-order valence-electron chi connectivity index (χ3n) is 4.24. The maximum absolute atomic E-state index is 12.2. The van der Waals surface area contributed by atoms with Gasteiger partial charge in [0.05, 0.1) is 11.5 Å². The minimum absolute atomic E-state index is 0.140. The number of anilines is 2. The van der Waals surface area contributed by atoms with Crippen LogP contribution in [0.4, 0.5) is 11.6 Å². The molecule has 0 spiro atoms. The van der Waals surface area contributed by atoms with Crippen molar-refractivity contribution in [3.05, 3.63) is 51.6 Å². The molecule has 31 heavy (non-hydrogen) atoms. The molecule has 0 atom stereocenters. The van der Waals surface area contributed by atoms with E-state index in [-0.39, 0.29) is 24.4 Å². The van der Waals surface area contributed by atoms with E-state index < -0.39 is 0 Å². The van der Waals surface area contributed by atoms with E-state index in [0.29, 0.717) is 22.4 Å². The Bertz CT molecular complexity index is 1130. The lowest BCUT2D eigenvalue weighted by Crippen LogP contribution is -2.17. The Balaban J connectivity index is 1.34. The number of nitrogens with two attached hydrogens (primary N) is 1. The number of hydrazone groups is 1. The van der Waals surface area contributed by atoms with E-state index in [9.17, 15) is 4.79 Å². The Kier molecular flexibility index (Phi) is 6.46. The molecular weight excluding hydrogens is 533 g/mol. The van der Waals surface area contributed by atoms with E-state index in [1.807, 2.05) is 49.4 Å². The number of ether oxygens (including phenoxy) is 2. The summed E-state index contributed by atoms with van der Waals surface area (Å²) < 4.78 is 13.0. The molecule has 0 radical (unpaired) electrons. The third-order valence-corrected chi connectivity index (χ3v) is 5.90. The van der Waals surface area contributed by atoms with Crippen molar-refractivity contribution in [3.63, 3.8) is 0 Å². The first-order valence-electron chi connectivity index (χ1n) is 9.08. The molecule has 1 amide bonds. The Morgan fingerprint density at radius 2 is 2.00 bits per heavy atom. The summed E-state index contributed by atoms with van der Waals surface area (Å²) >= 11 is 3.38. The molecule has 0 aliphatic carbocycles. The summed E-state index contributed by atoms with van der Waals surface area (Å²) in [4.78, 5) is 12.2. The smallest absolute Gasteiger partial charge is 0.264 e. The number of nitrogen functional groups attached to an aromatic ring is 1. The van der Waals surface area contributed by atoms with Gasteiger partial charge in [0.25, 0.3) is 5.95 Å². The molecule has 3 aromatic rings. The standard InChI is InChI=1S/C19H18IN7O3S/c1-11(12-2-7-15-16(8-12)30-10-29-15)23-24-18-25-26-19(27(18)21)31-9-17(28)22-14-5-3-13(20)4-6-14/h2-8H,9-10,21H2,1H3,(H,22,28)(H,24,25)/b23-11+. The van der Waals surface area contributed by atoms with Crippen molar-refractivity contribution in [1.29, 1.82) is 0 Å². The van der Waals surface area contributed by atoms with Gasteiger partial charge >= 0.3 is 0 Å². The zero-order valence-corrected chi connectivity index (χ0v) is 19.3. The fraction of sp³-hybridized carbons (Fsp3) is 0.158. The van der Waals surface area contributed by atoms with Crippen LogP contribution in [0.25, 0.3) is 0 Å². The van der Waals surface area contributed by atoms with Gasteiger partial charge in [-0.25, -0.2) is 10.1 Å². The van der Waals surface area contributed by atoms with Crippen molar-refractivity contribution in [2.75, 3.05) is 29.1 Å². The second kappa shape index (κ2) is 9.43. The number of amides is 1. The highest BCUT2D eigenvalue weighted by Crippen LogP contribution is 2.32. The van der Waals surface area contributed by atoms with Crippen LogP contribution < -0.4 is 26.1 Å². The van der Waals surface area contributed by atoms with Crippen LogP contribution in [0.3, 0.4) is 0 Å². The second-order valence-electron chi connectivity index (χ2n) is 6.40.